The standard InChI is InChI=1S/C10H10BrN2O/c11-9-3-1-2-8(6-9)7-13-5-4-12-10(13)14/h1-3,6H,4-5,7H2. The van der Waals surface area contributed by atoms with Gasteiger partial charge in [-0.25, -0.2) is 10.1 Å². The van der Waals surface area contributed by atoms with Crippen molar-refractivity contribution in [3.05, 3.63) is 34.3 Å². The van der Waals surface area contributed by atoms with Gasteiger partial charge in [-0.3, -0.25) is 0 Å². The van der Waals surface area contributed by atoms with Gasteiger partial charge in [0.1, 0.15) is 0 Å². The Morgan fingerprint density at radius 2 is 2.36 bits per heavy atom. The Morgan fingerprint density at radius 3 is 3.00 bits per heavy atom. The molecule has 2 rings (SSSR count). The largest absolute Gasteiger partial charge is 0.339 e. The first-order valence-electron chi connectivity index (χ1n) is 4.46. The van der Waals surface area contributed by atoms with E-state index in [0.717, 1.165) is 16.6 Å². The van der Waals surface area contributed by atoms with Gasteiger partial charge < -0.3 is 4.90 Å². The van der Waals surface area contributed by atoms with E-state index in [0.29, 0.717) is 13.1 Å². The SMILES string of the molecule is O=C1[N]CCN1Cc1cccc(Br)c1. The number of nitrogens with zero attached hydrogens (tertiary/aromatic N) is 2. The number of halogens is 1. The minimum Gasteiger partial charge on any atom is -0.317 e. The van der Waals surface area contributed by atoms with Crippen LogP contribution >= 0.6 is 15.9 Å². The highest BCUT2D eigenvalue weighted by Gasteiger charge is 2.20. The van der Waals surface area contributed by atoms with E-state index in [-0.39, 0.29) is 6.03 Å². The van der Waals surface area contributed by atoms with E-state index in [1.165, 1.54) is 0 Å². The van der Waals surface area contributed by atoms with Crippen LogP contribution in [0.2, 0.25) is 0 Å². The van der Waals surface area contributed by atoms with Gasteiger partial charge in [0.15, 0.2) is 0 Å². The summed E-state index contributed by atoms with van der Waals surface area (Å²) in [5.41, 5.74) is 1.13. The minimum atomic E-state index is -0.0926. The smallest absolute Gasteiger partial charge is 0.317 e. The summed E-state index contributed by atoms with van der Waals surface area (Å²) in [6.45, 7) is 2.03. The summed E-state index contributed by atoms with van der Waals surface area (Å²) in [6.07, 6.45) is 0. The molecule has 3 nitrogen and oxygen atoms in total. The monoisotopic (exact) mass is 253 g/mol. The Hall–Kier alpha value is -1.03. The molecule has 1 radical (unpaired) electrons. The number of amides is 2. The molecule has 1 fully saturated rings. The van der Waals surface area contributed by atoms with Crippen LogP contribution in [-0.2, 0) is 6.54 Å². The number of hydrogen-bond donors (Lipinski definition) is 0. The normalized spacial score (nSPS) is 15.8. The summed E-state index contributed by atoms with van der Waals surface area (Å²) in [5, 5.41) is 3.81. The first kappa shape index (κ1) is 9.52. The van der Waals surface area contributed by atoms with Crippen molar-refractivity contribution in [2.75, 3.05) is 13.1 Å². The lowest BCUT2D eigenvalue weighted by atomic mass is 10.2. The van der Waals surface area contributed by atoms with Gasteiger partial charge >= 0.3 is 6.03 Å². The number of hydrogen-bond acceptors (Lipinski definition) is 1. The van der Waals surface area contributed by atoms with E-state index in [1.54, 1.807) is 4.90 Å². The maximum Gasteiger partial charge on any atom is 0.339 e. The van der Waals surface area contributed by atoms with Gasteiger partial charge in [-0.05, 0) is 17.7 Å². The van der Waals surface area contributed by atoms with Crippen LogP contribution < -0.4 is 5.32 Å². The van der Waals surface area contributed by atoms with Crippen molar-refractivity contribution < 1.29 is 4.79 Å². The van der Waals surface area contributed by atoms with E-state index in [1.807, 2.05) is 24.3 Å². The van der Waals surface area contributed by atoms with Gasteiger partial charge in [-0.2, -0.15) is 0 Å². The molecule has 0 unspecified atom stereocenters. The van der Waals surface area contributed by atoms with Crippen LogP contribution in [0.3, 0.4) is 0 Å². The van der Waals surface area contributed by atoms with Crippen molar-refractivity contribution in [2.45, 2.75) is 6.54 Å². The highest BCUT2D eigenvalue weighted by Crippen LogP contribution is 2.14. The first-order valence-corrected chi connectivity index (χ1v) is 5.26. The predicted molar refractivity (Wildman–Crippen MR) is 56.9 cm³/mol. The van der Waals surface area contributed by atoms with Gasteiger partial charge in [-0.1, -0.05) is 28.1 Å². The zero-order valence-electron chi connectivity index (χ0n) is 7.61. The van der Waals surface area contributed by atoms with Crippen molar-refractivity contribution >= 4 is 22.0 Å². The zero-order valence-corrected chi connectivity index (χ0v) is 9.20. The maximum absolute atomic E-state index is 11.2. The van der Waals surface area contributed by atoms with Crippen molar-refractivity contribution in [3.8, 4) is 0 Å². The molecule has 14 heavy (non-hydrogen) atoms. The van der Waals surface area contributed by atoms with E-state index < -0.39 is 0 Å². The fraction of sp³-hybridized carbons (Fsp3) is 0.300. The molecule has 4 heteroatoms. The van der Waals surface area contributed by atoms with Crippen molar-refractivity contribution in [1.29, 1.82) is 0 Å². The molecule has 1 aromatic rings. The topological polar surface area (TPSA) is 34.4 Å². The summed E-state index contributed by atoms with van der Waals surface area (Å²) < 4.78 is 1.04. The van der Waals surface area contributed by atoms with Crippen LogP contribution in [0.1, 0.15) is 5.56 Å². The number of carbonyl (C=O) groups excluding carboxylic acids is 1. The molecule has 0 atom stereocenters. The van der Waals surface area contributed by atoms with Gasteiger partial charge in [0.05, 0.1) is 6.54 Å². The van der Waals surface area contributed by atoms with Gasteiger partial charge in [0.25, 0.3) is 0 Å². The Labute approximate surface area is 91.2 Å². The molecule has 0 aliphatic carbocycles. The molecule has 1 heterocycles. The average Bonchev–Trinajstić information content (AvgIpc) is 2.52. The molecular formula is C10H10BrN2O. The van der Waals surface area contributed by atoms with Crippen LogP contribution in [0, 0.1) is 0 Å². The number of benzene rings is 1. The molecule has 73 valence electrons. The lowest BCUT2D eigenvalue weighted by molar-refractivity contribution is 0.215. The Morgan fingerprint density at radius 1 is 1.50 bits per heavy atom. The second-order valence-electron chi connectivity index (χ2n) is 3.22. The average molecular weight is 254 g/mol. The molecule has 0 bridgehead atoms. The second-order valence-corrected chi connectivity index (χ2v) is 4.13. The van der Waals surface area contributed by atoms with Crippen molar-refractivity contribution in [3.63, 3.8) is 0 Å². The van der Waals surface area contributed by atoms with E-state index in [2.05, 4.69) is 21.2 Å². The first-order chi connectivity index (χ1) is 6.75. The minimum absolute atomic E-state index is 0.0926. The molecule has 1 aliphatic rings. The summed E-state index contributed by atoms with van der Waals surface area (Å²) in [5.74, 6) is 0. The number of urea groups is 1. The highest BCUT2D eigenvalue weighted by molar-refractivity contribution is 9.10. The van der Waals surface area contributed by atoms with E-state index in [9.17, 15) is 4.79 Å². The van der Waals surface area contributed by atoms with E-state index in [4.69, 9.17) is 0 Å². The van der Waals surface area contributed by atoms with Crippen LogP contribution in [0.25, 0.3) is 0 Å². The quantitative estimate of drug-likeness (QED) is 0.794. The van der Waals surface area contributed by atoms with Gasteiger partial charge in [0, 0.05) is 17.6 Å². The van der Waals surface area contributed by atoms with Crippen molar-refractivity contribution in [1.82, 2.24) is 10.2 Å². The number of carbonyl (C=O) groups is 1. The molecule has 1 saturated heterocycles. The predicted octanol–water partition coefficient (Wildman–Crippen LogP) is 1.99. The summed E-state index contributed by atoms with van der Waals surface area (Å²) in [6, 6.07) is 7.88. The number of rotatable bonds is 2. The van der Waals surface area contributed by atoms with E-state index >= 15 is 0 Å². The zero-order chi connectivity index (χ0) is 9.97. The van der Waals surface area contributed by atoms with Crippen LogP contribution in [0.5, 0.6) is 0 Å². The Balaban J connectivity index is 2.07. The van der Waals surface area contributed by atoms with Crippen molar-refractivity contribution in [2.24, 2.45) is 0 Å². The van der Waals surface area contributed by atoms with Crippen LogP contribution in [0.4, 0.5) is 4.79 Å². The lowest BCUT2D eigenvalue weighted by Gasteiger charge is -2.13. The Bertz CT molecular complexity index is 354. The summed E-state index contributed by atoms with van der Waals surface area (Å²) in [4.78, 5) is 13.0. The Kier molecular flexibility index (Phi) is 2.72. The fourth-order valence-electron chi connectivity index (χ4n) is 1.46. The summed E-state index contributed by atoms with van der Waals surface area (Å²) >= 11 is 3.40. The molecule has 1 aromatic carbocycles. The van der Waals surface area contributed by atoms with Gasteiger partial charge in [0.2, 0.25) is 0 Å². The third kappa shape index (κ3) is 2.07. The molecule has 0 N–H and O–H groups in total. The third-order valence-electron chi connectivity index (χ3n) is 2.15. The maximum atomic E-state index is 11.2. The van der Waals surface area contributed by atoms with Crippen LogP contribution in [0.15, 0.2) is 28.7 Å². The lowest BCUT2D eigenvalue weighted by Crippen LogP contribution is -2.25. The fourth-order valence-corrected chi connectivity index (χ4v) is 1.91. The molecule has 0 spiro atoms. The molecule has 2 amide bonds. The molecule has 0 aromatic heterocycles. The highest BCUT2D eigenvalue weighted by atomic mass is 79.9. The third-order valence-corrected chi connectivity index (χ3v) is 2.64. The molecule has 0 saturated carbocycles. The van der Waals surface area contributed by atoms with Crippen LogP contribution in [-0.4, -0.2) is 24.0 Å². The summed E-state index contributed by atoms with van der Waals surface area (Å²) in [7, 11) is 0. The van der Waals surface area contributed by atoms with Gasteiger partial charge in [-0.15, -0.1) is 0 Å². The molecular weight excluding hydrogens is 244 g/mol. The molecule has 1 aliphatic heterocycles. The second kappa shape index (κ2) is 4.00.